The zero-order chi connectivity index (χ0) is 27.3. The van der Waals surface area contributed by atoms with E-state index in [4.69, 9.17) is 9.16 Å². The van der Waals surface area contributed by atoms with Crippen molar-refractivity contribution in [1.29, 1.82) is 0 Å². The molecule has 2 aromatic rings. The first-order valence-corrected chi connectivity index (χ1v) is 14.6. The lowest BCUT2D eigenvalue weighted by molar-refractivity contribution is -0.140. The number of ketones is 1. The molecule has 1 atom stereocenters. The predicted octanol–water partition coefficient (Wildman–Crippen LogP) is 3.11. The Kier molecular flexibility index (Phi) is 8.94. The molecule has 0 radical (unpaired) electrons. The molecule has 0 bridgehead atoms. The molecule has 0 aromatic heterocycles. The van der Waals surface area contributed by atoms with Crippen LogP contribution in [0.25, 0.3) is 0 Å². The van der Waals surface area contributed by atoms with Crippen LogP contribution in [0.15, 0.2) is 60.7 Å². The molecule has 1 saturated heterocycles. The Balaban J connectivity index is 1.71. The fourth-order valence-corrected chi connectivity index (χ4v) is 9.18. The summed E-state index contributed by atoms with van der Waals surface area (Å²) in [5.41, 5.74) is 4.68. The van der Waals surface area contributed by atoms with Gasteiger partial charge in [-0.1, -0.05) is 81.4 Å². The fraction of sp³-hybridized carbons (Fsp3) is 0.464. The van der Waals surface area contributed by atoms with Crippen LogP contribution >= 0.6 is 0 Å². The van der Waals surface area contributed by atoms with Gasteiger partial charge >= 0.3 is 12.0 Å². The molecule has 2 aromatic carbocycles. The Morgan fingerprint density at radius 1 is 0.919 bits per heavy atom. The first kappa shape index (κ1) is 28.6. The van der Waals surface area contributed by atoms with Gasteiger partial charge in [-0.3, -0.25) is 19.9 Å². The summed E-state index contributed by atoms with van der Waals surface area (Å²) in [4.78, 5) is 39.7. The van der Waals surface area contributed by atoms with Gasteiger partial charge < -0.3 is 9.16 Å². The minimum absolute atomic E-state index is 0.317. The van der Waals surface area contributed by atoms with E-state index in [1.54, 1.807) is 20.8 Å². The van der Waals surface area contributed by atoms with Crippen LogP contribution in [0.3, 0.4) is 0 Å². The molecule has 200 valence electrons. The number of hydrazine groups is 1. The third-order valence-electron chi connectivity index (χ3n) is 6.32. The van der Waals surface area contributed by atoms with Crippen LogP contribution in [-0.2, 0) is 18.8 Å². The van der Waals surface area contributed by atoms with Gasteiger partial charge in [-0.2, -0.15) is 0 Å². The van der Waals surface area contributed by atoms with Gasteiger partial charge in [0.1, 0.15) is 18.4 Å². The van der Waals surface area contributed by atoms with E-state index < -0.39 is 37.9 Å². The topological polar surface area (TPSA) is 97.0 Å². The summed E-state index contributed by atoms with van der Waals surface area (Å²) in [7, 11) is -2.95. The zero-order valence-electron chi connectivity index (χ0n) is 22.7. The second-order valence-corrected chi connectivity index (χ2v) is 15.6. The predicted molar refractivity (Wildman–Crippen MR) is 146 cm³/mol. The molecule has 1 fully saturated rings. The largest absolute Gasteiger partial charge is 0.444 e. The van der Waals surface area contributed by atoms with E-state index in [0.29, 0.717) is 13.0 Å². The van der Waals surface area contributed by atoms with Gasteiger partial charge in [0, 0.05) is 6.54 Å². The number of ether oxygens (including phenoxy) is 1. The molecule has 9 heteroatoms. The molecule has 2 N–H and O–H groups in total. The number of carbonyl (C=O) groups excluding carboxylic acids is 3. The summed E-state index contributed by atoms with van der Waals surface area (Å²) in [5.74, 6) is -1.50. The van der Waals surface area contributed by atoms with E-state index in [1.165, 1.54) is 4.90 Å². The summed E-state index contributed by atoms with van der Waals surface area (Å²) >= 11 is 0. The second kappa shape index (κ2) is 11.6. The minimum atomic E-state index is -2.95. The van der Waals surface area contributed by atoms with Crippen molar-refractivity contribution in [3.63, 3.8) is 0 Å². The molecule has 8 nitrogen and oxygen atoms in total. The number of benzene rings is 2. The third kappa shape index (κ3) is 6.85. The first-order chi connectivity index (χ1) is 17.3. The smallest absolute Gasteiger partial charge is 0.411 e. The van der Waals surface area contributed by atoms with Gasteiger partial charge in [0.25, 0.3) is 8.32 Å². The molecule has 1 aliphatic heterocycles. The fourth-order valence-electron chi connectivity index (χ4n) is 4.68. The van der Waals surface area contributed by atoms with E-state index in [2.05, 4.69) is 31.6 Å². The first-order valence-electron chi connectivity index (χ1n) is 12.7. The van der Waals surface area contributed by atoms with Crippen molar-refractivity contribution >= 4 is 36.5 Å². The molecule has 0 saturated carbocycles. The van der Waals surface area contributed by atoms with E-state index in [1.807, 2.05) is 60.7 Å². The molecular weight excluding hydrogens is 486 g/mol. The molecular formula is C28H39N3O5Si. The van der Waals surface area contributed by atoms with Crippen LogP contribution in [-0.4, -0.2) is 55.9 Å². The Bertz CT molecular complexity index is 1040. The van der Waals surface area contributed by atoms with Crippen molar-refractivity contribution in [2.45, 2.75) is 71.2 Å². The molecule has 0 spiro atoms. The number of rotatable bonds is 8. The van der Waals surface area contributed by atoms with Gasteiger partial charge in [-0.15, -0.1) is 0 Å². The molecule has 0 unspecified atom stereocenters. The summed E-state index contributed by atoms with van der Waals surface area (Å²) in [6.07, 6.45) is 0.478. The van der Waals surface area contributed by atoms with Crippen LogP contribution in [0, 0.1) is 0 Å². The maximum absolute atomic E-state index is 12.9. The van der Waals surface area contributed by atoms with Gasteiger partial charge in [0.2, 0.25) is 5.78 Å². The maximum Gasteiger partial charge on any atom is 0.411 e. The van der Waals surface area contributed by atoms with Gasteiger partial charge in [-0.25, -0.2) is 10.2 Å². The molecule has 2 amide bonds. The van der Waals surface area contributed by atoms with Crippen molar-refractivity contribution in [3.8, 4) is 0 Å². The number of nitrogens with one attached hydrogen (secondary N) is 2. The van der Waals surface area contributed by atoms with Gasteiger partial charge in [0.05, 0.1) is 0 Å². The minimum Gasteiger partial charge on any atom is -0.444 e. The highest BCUT2D eigenvalue weighted by molar-refractivity contribution is 6.99. The summed E-state index contributed by atoms with van der Waals surface area (Å²) in [5, 5.41) is 1.74. The van der Waals surface area contributed by atoms with Crippen LogP contribution in [0.5, 0.6) is 0 Å². The standard InChI is InChI=1S/C28H39N3O5Si/c1-27(2,3)36-26(34)31-19-13-18-24(31)29-30-25(33)23(32)20-35-37(28(4,5)6,21-14-9-7-10-15-21)22-16-11-8-12-17-22/h7-12,14-17,24,29H,13,18-20H2,1-6H3,(H,30,33)/t24-/m1/s1. The van der Waals surface area contributed by atoms with E-state index in [-0.39, 0.29) is 11.6 Å². The molecule has 1 aliphatic rings. The molecule has 3 rings (SSSR count). The average molecular weight is 526 g/mol. The lowest BCUT2D eigenvalue weighted by Gasteiger charge is -2.42. The van der Waals surface area contributed by atoms with Crippen molar-refractivity contribution in [1.82, 2.24) is 15.8 Å². The lowest BCUT2D eigenvalue weighted by atomic mass is 10.2. The maximum atomic E-state index is 12.9. The van der Waals surface area contributed by atoms with Gasteiger partial charge in [-0.05, 0) is 49.0 Å². The van der Waals surface area contributed by atoms with Crippen molar-refractivity contribution in [2.24, 2.45) is 0 Å². The van der Waals surface area contributed by atoms with E-state index >= 15 is 0 Å². The number of Topliss-reactive ketones (excluding diaryl/α,β-unsaturated/α-hetero) is 1. The van der Waals surface area contributed by atoms with Crippen LogP contribution in [0.1, 0.15) is 54.4 Å². The molecule has 0 aliphatic carbocycles. The van der Waals surface area contributed by atoms with Crippen molar-refractivity contribution < 1.29 is 23.5 Å². The highest BCUT2D eigenvalue weighted by Gasteiger charge is 2.50. The van der Waals surface area contributed by atoms with Gasteiger partial charge in [0.15, 0.2) is 0 Å². The second-order valence-electron chi connectivity index (χ2n) is 11.3. The highest BCUT2D eigenvalue weighted by atomic mass is 28.4. The van der Waals surface area contributed by atoms with Crippen molar-refractivity contribution in [2.75, 3.05) is 13.2 Å². The quantitative estimate of drug-likeness (QED) is 0.312. The van der Waals surface area contributed by atoms with Crippen LogP contribution in [0.4, 0.5) is 4.79 Å². The highest BCUT2D eigenvalue weighted by Crippen LogP contribution is 2.36. The Morgan fingerprint density at radius 2 is 1.46 bits per heavy atom. The molecule has 37 heavy (non-hydrogen) atoms. The van der Waals surface area contributed by atoms with Crippen LogP contribution in [0.2, 0.25) is 5.04 Å². The Labute approximate surface area is 220 Å². The summed E-state index contributed by atoms with van der Waals surface area (Å²) in [6.45, 7) is 11.9. The molecule has 1 heterocycles. The number of amides is 2. The van der Waals surface area contributed by atoms with E-state index in [9.17, 15) is 14.4 Å². The number of nitrogens with zero attached hydrogens (tertiary/aromatic N) is 1. The summed E-state index contributed by atoms with van der Waals surface area (Å²) in [6, 6.07) is 19.9. The number of hydrogen-bond acceptors (Lipinski definition) is 6. The lowest BCUT2D eigenvalue weighted by Crippen LogP contribution is -2.67. The number of likely N-dealkylation sites (tertiary alicyclic amines) is 1. The zero-order valence-corrected chi connectivity index (χ0v) is 23.7. The number of hydrogen-bond donors (Lipinski definition) is 2. The monoisotopic (exact) mass is 525 g/mol. The SMILES string of the molecule is CC(C)(C)OC(=O)N1CCC[C@@H]1NNC(=O)C(=O)CO[Si](c1ccccc1)(c1ccccc1)C(C)(C)C. The average Bonchev–Trinajstić information content (AvgIpc) is 3.31. The Hall–Kier alpha value is -3.01. The van der Waals surface area contributed by atoms with Crippen LogP contribution < -0.4 is 21.2 Å². The number of carbonyl (C=O) groups is 3. The summed E-state index contributed by atoms with van der Waals surface area (Å²) < 4.78 is 12.0. The van der Waals surface area contributed by atoms with Crippen molar-refractivity contribution in [3.05, 3.63) is 60.7 Å². The third-order valence-corrected chi connectivity index (χ3v) is 11.3. The normalized spacial score (nSPS) is 16.4. The Morgan fingerprint density at radius 3 is 1.95 bits per heavy atom. The van der Waals surface area contributed by atoms with E-state index in [0.717, 1.165) is 16.8 Å².